The summed E-state index contributed by atoms with van der Waals surface area (Å²) in [5.74, 6) is -0.303. The fraction of sp³-hybridized carbons (Fsp3) is 0.350. The molecule has 25 heavy (non-hydrogen) atoms. The number of ether oxygens (including phenoxy) is 1. The lowest BCUT2D eigenvalue weighted by atomic mass is 9.98. The van der Waals surface area contributed by atoms with Crippen LogP contribution in [0.15, 0.2) is 54.6 Å². The van der Waals surface area contributed by atoms with Crippen molar-refractivity contribution in [2.45, 2.75) is 24.9 Å². The summed E-state index contributed by atoms with van der Waals surface area (Å²) in [5.41, 5.74) is 1.96. The number of nitrogens with one attached hydrogen (secondary N) is 2. The normalized spacial score (nSPS) is 16.4. The Morgan fingerprint density at radius 3 is 2.36 bits per heavy atom. The average Bonchev–Trinajstić information content (AvgIpc) is 2.65. The van der Waals surface area contributed by atoms with E-state index in [1.54, 1.807) is 12.1 Å². The third-order valence-electron chi connectivity index (χ3n) is 4.39. The van der Waals surface area contributed by atoms with Gasteiger partial charge in [-0.15, -0.1) is 0 Å². The largest absolute Gasteiger partial charge is 0.381 e. The van der Waals surface area contributed by atoms with Gasteiger partial charge >= 0.3 is 0 Å². The third kappa shape index (κ3) is 5.11. The van der Waals surface area contributed by atoms with Crippen LogP contribution in [-0.4, -0.2) is 31.7 Å². The van der Waals surface area contributed by atoms with Crippen LogP contribution < -0.4 is 10.6 Å². The molecular formula is C20H23FN2O2. The first-order valence-electron chi connectivity index (χ1n) is 8.63. The van der Waals surface area contributed by atoms with E-state index in [0.717, 1.165) is 24.0 Å². The van der Waals surface area contributed by atoms with Gasteiger partial charge in [0.1, 0.15) is 5.82 Å². The molecule has 0 radical (unpaired) electrons. The van der Waals surface area contributed by atoms with Crippen molar-refractivity contribution >= 4 is 5.91 Å². The summed E-state index contributed by atoms with van der Waals surface area (Å²) < 4.78 is 18.5. The average molecular weight is 342 g/mol. The minimum Gasteiger partial charge on any atom is -0.381 e. The zero-order valence-corrected chi connectivity index (χ0v) is 14.1. The molecule has 1 atom stereocenters. The first kappa shape index (κ1) is 17.6. The predicted molar refractivity (Wildman–Crippen MR) is 94.7 cm³/mol. The Morgan fingerprint density at radius 2 is 1.68 bits per heavy atom. The maximum absolute atomic E-state index is 13.2. The van der Waals surface area contributed by atoms with Gasteiger partial charge in [0, 0.05) is 19.3 Å². The lowest BCUT2D eigenvalue weighted by Crippen LogP contribution is -2.43. The van der Waals surface area contributed by atoms with E-state index in [1.807, 2.05) is 30.3 Å². The van der Waals surface area contributed by atoms with Crippen molar-refractivity contribution in [3.05, 3.63) is 71.5 Å². The standard InChI is InChI=1S/C20H23FN2O2/c21-17-8-6-16(7-9-17)20(15-4-2-1-3-5-15)22-14-19(24)23-18-10-12-25-13-11-18/h1-9,18,20,22H,10-14H2,(H,23,24). The Bertz CT molecular complexity index is 670. The van der Waals surface area contributed by atoms with E-state index in [2.05, 4.69) is 10.6 Å². The lowest BCUT2D eigenvalue weighted by Gasteiger charge is -2.24. The molecule has 2 N–H and O–H groups in total. The monoisotopic (exact) mass is 342 g/mol. The summed E-state index contributed by atoms with van der Waals surface area (Å²) in [6.07, 6.45) is 1.71. The van der Waals surface area contributed by atoms with E-state index in [4.69, 9.17) is 4.74 Å². The van der Waals surface area contributed by atoms with Crippen LogP contribution in [0.3, 0.4) is 0 Å². The Kier molecular flexibility index (Phi) is 6.14. The molecule has 1 amide bonds. The molecule has 1 heterocycles. The molecule has 1 aliphatic heterocycles. The Morgan fingerprint density at radius 1 is 1.04 bits per heavy atom. The van der Waals surface area contributed by atoms with E-state index in [-0.39, 0.29) is 30.4 Å². The number of carbonyl (C=O) groups excluding carboxylic acids is 1. The van der Waals surface area contributed by atoms with Crippen LogP contribution in [0.5, 0.6) is 0 Å². The van der Waals surface area contributed by atoms with Crippen molar-refractivity contribution in [1.29, 1.82) is 0 Å². The van der Waals surface area contributed by atoms with Crippen molar-refractivity contribution in [3.8, 4) is 0 Å². The number of halogens is 1. The summed E-state index contributed by atoms with van der Waals surface area (Å²) in [5, 5.41) is 6.34. The molecule has 5 heteroatoms. The van der Waals surface area contributed by atoms with E-state index < -0.39 is 0 Å². The van der Waals surface area contributed by atoms with Gasteiger partial charge in [0.2, 0.25) is 5.91 Å². The van der Waals surface area contributed by atoms with Crippen LogP contribution in [-0.2, 0) is 9.53 Å². The zero-order chi connectivity index (χ0) is 17.5. The predicted octanol–water partition coefficient (Wildman–Crippen LogP) is 2.80. The van der Waals surface area contributed by atoms with Gasteiger partial charge in [-0.2, -0.15) is 0 Å². The number of benzene rings is 2. The first-order valence-corrected chi connectivity index (χ1v) is 8.63. The van der Waals surface area contributed by atoms with E-state index >= 15 is 0 Å². The van der Waals surface area contributed by atoms with Gasteiger partial charge in [0.15, 0.2) is 0 Å². The molecule has 1 aliphatic rings. The Balaban J connectivity index is 1.65. The molecule has 1 unspecified atom stereocenters. The van der Waals surface area contributed by atoms with E-state index in [0.29, 0.717) is 13.2 Å². The SMILES string of the molecule is O=C(CNC(c1ccccc1)c1ccc(F)cc1)NC1CCOCC1. The minimum absolute atomic E-state index is 0.0325. The Labute approximate surface area is 147 Å². The van der Waals surface area contributed by atoms with Gasteiger partial charge in [0.05, 0.1) is 12.6 Å². The molecule has 2 aromatic carbocycles. The highest BCUT2D eigenvalue weighted by Crippen LogP contribution is 2.22. The van der Waals surface area contributed by atoms with Crippen LogP contribution in [0, 0.1) is 5.82 Å². The zero-order valence-electron chi connectivity index (χ0n) is 14.1. The number of hydrogen-bond acceptors (Lipinski definition) is 3. The molecule has 0 saturated carbocycles. The number of amides is 1. The molecule has 1 saturated heterocycles. The van der Waals surface area contributed by atoms with Crippen molar-refractivity contribution in [1.82, 2.24) is 10.6 Å². The summed E-state index contributed by atoms with van der Waals surface area (Å²) in [7, 11) is 0. The van der Waals surface area contributed by atoms with Crippen LogP contribution in [0.25, 0.3) is 0 Å². The van der Waals surface area contributed by atoms with Crippen LogP contribution in [0.1, 0.15) is 30.0 Å². The molecule has 4 nitrogen and oxygen atoms in total. The number of hydrogen-bond donors (Lipinski definition) is 2. The third-order valence-corrected chi connectivity index (χ3v) is 4.39. The highest BCUT2D eigenvalue weighted by molar-refractivity contribution is 5.78. The fourth-order valence-electron chi connectivity index (χ4n) is 3.04. The summed E-state index contributed by atoms with van der Waals surface area (Å²) in [4.78, 5) is 12.3. The quantitative estimate of drug-likeness (QED) is 0.849. The topological polar surface area (TPSA) is 50.4 Å². The van der Waals surface area contributed by atoms with Gasteiger partial charge in [-0.3, -0.25) is 10.1 Å². The summed E-state index contributed by atoms with van der Waals surface area (Å²) in [6.45, 7) is 1.59. The maximum Gasteiger partial charge on any atom is 0.234 e. The molecule has 0 aliphatic carbocycles. The van der Waals surface area contributed by atoms with Crippen molar-refractivity contribution in [3.63, 3.8) is 0 Å². The van der Waals surface area contributed by atoms with Crippen LogP contribution >= 0.6 is 0 Å². The molecule has 1 fully saturated rings. The second-order valence-electron chi connectivity index (χ2n) is 6.23. The van der Waals surface area contributed by atoms with Gasteiger partial charge in [0.25, 0.3) is 0 Å². The molecule has 132 valence electrons. The van der Waals surface area contributed by atoms with Crippen molar-refractivity contribution < 1.29 is 13.9 Å². The maximum atomic E-state index is 13.2. The lowest BCUT2D eigenvalue weighted by molar-refractivity contribution is -0.121. The van der Waals surface area contributed by atoms with Gasteiger partial charge in [-0.25, -0.2) is 4.39 Å². The highest BCUT2D eigenvalue weighted by atomic mass is 19.1. The molecule has 0 spiro atoms. The van der Waals surface area contributed by atoms with E-state index in [9.17, 15) is 9.18 Å². The summed E-state index contributed by atoms with van der Waals surface area (Å²) >= 11 is 0. The summed E-state index contributed by atoms with van der Waals surface area (Å²) in [6, 6.07) is 16.2. The Hall–Kier alpha value is -2.24. The second-order valence-corrected chi connectivity index (χ2v) is 6.23. The number of carbonyl (C=O) groups is 1. The molecule has 0 aromatic heterocycles. The second kappa shape index (κ2) is 8.74. The van der Waals surface area contributed by atoms with Gasteiger partial charge < -0.3 is 10.1 Å². The van der Waals surface area contributed by atoms with Crippen LogP contribution in [0.4, 0.5) is 4.39 Å². The van der Waals surface area contributed by atoms with Crippen molar-refractivity contribution in [2.75, 3.05) is 19.8 Å². The first-order chi connectivity index (χ1) is 12.2. The van der Waals surface area contributed by atoms with Crippen LogP contribution in [0.2, 0.25) is 0 Å². The molecule has 0 bridgehead atoms. The van der Waals surface area contributed by atoms with Gasteiger partial charge in [-0.1, -0.05) is 42.5 Å². The molecular weight excluding hydrogens is 319 g/mol. The van der Waals surface area contributed by atoms with Crippen molar-refractivity contribution in [2.24, 2.45) is 0 Å². The molecule has 3 rings (SSSR count). The smallest absolute Gasteiger partial charge is 0.234 e. The fourth-order valence-corrected chi connectivity index (χ4v) is 3.04. The number of rotatable bonds is 6. The minimum atomic E-state index is -0.271. The van der Waals surface area contributed by atoms with E-state index in [1.165, 1.54) is 12.1 Å². The van der Waals surface area contributed by atoms with Gasteiger partial charge in [-0.05, 0) is 36.1 Å². The highest BCUT2D eigenvalue weighted by Gasteiger charge is 2.18. The molecule has 2 aromatic rings.